The summed E-state index contributed by atoms with van der Waals surface area (Å²) in [4.78, 5) is 22.3. The Kier molecular flexibility index (Phi) is 5.03. The predicted octanol–water partition coefficient (Wildman–Crippen LogP) is 4.39. The molecular weight excluding hydrogens is 362 g/mol. The molecule has 0 saturated carbocycles. The normalized spacial score (nSPS) is 16.4. The summed E-state index contributed by atoms with van der Waals surface area (Å²) in [5.74, 6) is 0.988. The number of aromatic nitrogens is 2. The zero-order chi connectivity index (χ0) is 18.8. The molecule has 1 aromatic carbocycles. The maximum atomic E-state index is 12.8. The van der Waals surface area contributed by atoms with Crippen LogP contribution in [0, 0.1) is 0 Å². The number of pyridine rings is 1. The molecule has 1 unspecified atom stereocenters. The maximum absolute atomic E-state index is 12.8. The zero-order valence-corrected chi connectivity index (χ0v) is 15.9. The van der Waals surface area contributed by atoms with Gasteiger partial charge in [-0.05, 0) is 55.5 Å². The van der Waals surface area contributed by atoms with E-state index in [1.54, 1.807) is 25.3 Å². The minimum atomic E-state index is -0.557. The lowest BCUT2D eigenvalue weighted by molar-refractivity contribution is -0.139. The molecule has 1 amide bonds. The van der Waals surface area contributed by atoms with E-state index in [0.29, 0.717) is 16.7 Å². The molecule has 0 spiro atoms. The number of piperidine rings is 1. The predicted molar refractivity (Wildman–Crippen MR) is 106 cm³/mol. The maximum Gasteiger partial charge on any atom is 0.263 e. The van der Waals surface area contributed by atoms with Gasteiger partial charge in [-0.1, -0.05) is 23.7 Å². The highest BCUT2D eigenvalue weighted by Crippen LogP contribution is 2.33. The standard InChI is InChI=1S/C21H22ClN3O2/c1-14(27-19-7-3-2-6-18(19)22)21(26)25-11-8-15(9-12-25)17-13-24-20-16(17)5-4-10-23-20/h2-7,10,13-15H,8-9,11-12H2,1H3,(H,23,24). The monoisotopic (exact) mass is 383 g/mol. The van der Waals surface area contributed by atoms with E-state index in [-0.39, 0.29) is 5.91 Å². The van der Waals surface area contributed by atoms with E-state index in [9.17, 15) is 4.79 Å². The summed E-state index contributed by atoms with van der Waals surface area (Å²) in [5, 5.41) is 1.70. The van der Waals surface area contributed by atoms with Crippen LogP contribution < -0.4 is 4.74 Å². The molecule has 6 heteroatoms. The third-order valence-corrected chi connectivity index (χ3v) is 5.53. The van der Waals surface area contributed by atoms with Crippen LogP contribution in [0.4, 0.5) is 0 Å². The Morgan fingerprint density at radius 2 is 2.04 bits per heavy atom. The number of amides is 1. The summed E-state index contributed by atoms with van der Waals surface area (Å²) < 4.78 is 5.78. The number of carbonyl (C=O) groups is 1. The molecule has 3 heterocycles. The number of hydrogen-bond acceptors (Lipinski definition) is 3. The molecule has 0 aliphatic carbocycles. The molecule has 140 valence electrons. The van der Waals surface area contributed by atoms with E-state index in [0.717, 1.165) is 31.6 Å². The second-order valence-corrected chi connectivity index (χ2v) is 7.34. The van der Waals surface area contributed by atoms with Crippen LogP contribution in [0.5, 0.6) is 5.75 Å². The summed E-state index contributed by atoms with van der Waals surface area (Å²) >= 11 is 6.12. The van der Waals surface area contributed by atoms with Crippen molar-refractivity contribution in [1.29, 1.82) is 0 Å². The van der Waals surface area contributed by atoms with Crippen molar-refractivity contribution >= 4 is 28.5 Å². The molecule has 5 nitrogen and oxygen atoms in total. The molecule has 4 rings (SSSR count). The van der Waals surface area contributed by atoms with Gasteiger partial charge < -0.3 is 14.6 Å². The van der Waals surface area contributed by atoms with Crippen molar-refractivity contribution < 1.29 is 9.53 Å². The van der Waals surface area contributed by atoms with Gasteiger partial charge in [0.2, 0.25) is 0 Å². The SMILES string of the molecule is CC(Oc1ccccc1Cl)C(=O)N1CCC(c2c[nH]c3ncccc23)CC1. The lowest BCUT2D eigenvalue weighted by Gasteiger charge is -2.33. The van der Waals surface area contributed by atoms with Crippen molar-refractivity contribution in [2.24, 2.45) is 0 Å². The fourth-order valence-corrected chi connectivity index (χ4v) is 3.94. The molecule has 2 aromatic heterocycles. The first-order chi connectivity index (χ1) is 13.1. The molecule has 27 heavy (non-hydrogen) atoms. The van der Waals surface area contributed by atoms with Crippen LogP contribution in [0.1, 0.15) is 31.2 Å². The topological polar surface area (TPSA) is 58.2 Å². The number of para-hydroxylation sites is 1. The number of hydrogen-bond donors (Lipinski definition) is 1. The summed E-state index contributed by atoms with van der Waals surface area (Å²) in [6, 6.07) is 11.3. The number of halogens is 1. The van der Waals surface area contributed by atoms with Crippen LogP contribution in [0.2, 0.25) is 5.02 Å². The number of benzene rings is 1. The van der Waals surface area contributed by atoms with Gasteiger partial charge in [0, 0.05) is 30.9 Å². The minimum absolute atomic E-state index is 0.00830. The van der Waals surface area contributed by atoms with Crippen molar-refractivity contribution in [3.8, 4) is 5.75 Å². The van der Waals surface area contributed by atoms with Crippen molar-refractivity contribution in [1.82, 2.24) is 14.9 Å². The van der Waals surface area contributed by atoms with Crippen LogP contribution in [0.15, 0.2) is 48.8 Å². The number of carbonyl (C=O) groups excluding carboxylic acids is 1. The Balaban J connectivity index is 1.38. The van der Waals surface area contributed by atoms with Crippen molar-refractivity contribution in [2.45, 2.75) is 31.8 Å². The number of fused-ring (bicyclic) bond motifs is 1. The second kappa shape index (κ2) is 7.61. The lowest BCUT2D eigenvalue weighted by Crippen LogP contribution is -2.44. The molecule has 1 aliphatic heterocycles. The molecule has 0 bridgehead atoms. The first-order valence-electron chi connectivity index (χ1n) is 9.25. The van der Waals surface area contributed by atoms with Gasteiger partial charge in [0.1, 0.15) is 11.4 Å². The lowest BCUT2D eigenvalue weighted by atomic mass is 9.89. The van der Waals surface area contributed by atoms with Crippen molar-refractivity contribution in [3.05, 3.63) is 59.4 Å². The number of rotatable bonds is 4. The molecule has 3 aromatic rings. The van der Waals surface area contributed by atoms with Crippen LogP contribution in [0.25, 0.3) is 11.0 Å². The van der Waals surface area contributed by atoms with Crippen LogP contribution in [-0.4, -0.2) is 40.0 Å². The molecule has 1 aliphatic rings. The van der Waals surface area contributed by atoms with Gasteiger partial charge in [-0.25, -0.2) is 4.98 Å². The fourth-order valence-electron chi connectivity index (χ4n) is 3.76. The summed E-state index contributed by atoms with van der Waals surface area (Å²) in [7, 11) is 0. The number of likely N-dealkylation sites (tertiary alicyclic amines) is 1. The average molecular weight is 384 g/mol. The Morgan fingerprint density at radius 3 is 2.81 bits per heavy atom. The van der Waals surface area contributed by atoms with Gasteiger partial charge in [0.15, 0.2) is 6.10 Å². The quantitative estimate of drug-likeness (QED) is 0.726. The van der Waals surface area contributed by atoms with Gasteiger partial charge in [0.05, 0.1) is 5.02 Å². The largest absolute Gasteiger partial charge is 0.479 e. The van der Waals surface area contributed by atoms with Crippen LogP contribution in [-0.2, 0) is 4.79 Å². The van der Waals surface area contributed by atoms with E-state index < -0.39 is 6.10 Å². The van der Waals surface area contributed by atoms with E-state index >= 15 is 0 Å². The third kappa shape index (κ3) is 3.65. The third-order valence-electron chi connectivity index (χ3n) is 5.22. The Morgan fingerprint density at radius 1 is 1.26 bits per heavy atom. The molecule has 1 atom stereocenters. The van der Waals surface area contributed by atoms with Gasteiger partial charge in [0.25, 0.3) is 5.91 Å². The van der Waals surface area contributed by atoms with E-state index in [1.165, 1.54) is 10.9 Å². The minimum Gasteiger partial charge on any atom is -0.479 e. The van der Waals surface area contributed by atoms with E-state index in [1.807, 2.05) is 23.1 Å². The smallest absolute Gasteiger partial charge is 0.263 e. The number of nitrogens with one attached hydrogen (secondary N) is 1. The van der Waals surface area contributed by atoms with E-state index in [2.05, 4.69) is 22.2 Å². The molecule has 1 N–H and O–H groups in total. The van der Waals surface area contributed by atoms with Crippen LogP contribution in [0.3, 0.4) is 0 Å². The van der Waals surface area contributed by atoms with Gasteiger partial charge >= 0.3 is 0 Å². The molecule has 1 saturated heterocycles. The number of ether oxygens (including phenoxy) is 1. The highest BCUT2D eigenvalue weighted by molar-refractivity contribution is 6.32. The zero-order valence-electron chi connectivity index (χ0n) is 15.2. The molecule has 0 radical (unpaired) electrons. The van der Waals surface area contributed by atoms with Crippen LogP contribution >= 0.6 is 11.6 Å². The summed E-state index contributed by atoms with van der Waals surface area (Å²) in [5.41, 5.74) is 2.22. The van der Waals surface area contributed by atoms with Gasteiger partial charge in [-0.3, -0.25) is 4.79 Å². The Labute approximate surface area is 163 Å². The number of aromatic amines is 1. The van der Waals surface area contributed by atoms with E-state index in [4.69, 9.17) is 16.3 Å². The average Bonchev–Trinajstić information content (AvgIpc) is 3.13. The fraction of sp³-hybridized carbons (Fsp3) is 0.333. The molecular formula is C21H22ClN3O2. The summed E-state index contributed by atoms with van der Waals surface area (Å²) in [6.45, 7) is 3.24. The van der Waals surface area contributed by atoms with Gasteiger partial charge in [-0.2, -0.15) is 0 Å². The van der Waals surface area contributed by atoms with Crippen molar-refractivity contribution in [3.63, 3.8) is 0 Å². The first kappa shape index (κ1) is 17.9. The highest BCUT2D eigenvalue weighted by Gasteiger charge is 2.29. The van der Waals surface area contributed by atoms with Gasteiger partial charge in [-0.15, -0.1) is 0 Å². The number of H-pyrrole nitrogens is 1. The summed E-state index contributed by atoms with van der Waals surface area (Å²) in [6.07, 6.45) is 5.17. The first-order valence-corrected chi connectivity index (χ1v) is 9.63. The second-order valence-electron chi connectivity index (χ2n) is 6.93. The Bertz CT molecular complexity index is 947. The highest BCUT2D eigenvalue weighted by atomic mass is 35.5. The molecule has 1 fully saturated rings. The Hall–Kier alpha value is -2.53. The van der Waals surface area contributed by atoms with Crippen molar-refractivity contribution in [2.75, 3.05) is 13.1 Å². The number of nitrogens with zero attached hydrogens (tertiary/aromatic N) is 2.